The van der Waals surface area contributed by atoms with Crippen molar-refractivity contribution < 1.29 is 19.2 Å². The second kappa shape index (κ2) is 25.5. The number of carbonyl (C=O) groups excluding carboxylic acids is 4. The van der Waals surface area contributed by atoms with Gasteiger partial charge in [-0.15, -0.1) is 22.7 Å². The number of nitrogens with zero attached hydrogens (tertiary/aromatic N) is 8. The molecule has 4 saturated heterocycles. The Morgan fingerprint density at radius 1 is 0.539 bits per heavy atom. The van der Waals surface area contributed by atoms with E-state index in [2.05, 4.69) is 87.5 Å². The van der Waals surface area contributed by atoms with E-state index in [4.69, 9.17) is 9.97 Å². The van der Waals surface area contributed by atoms with Gasteiger partial charge in [-0.1, -0.05) is 109 Å². The SMILES string of the molecule is CN1CCN(CCCC(=O)C[C@@H](C(=O)N2CCC[C@H]2c2ncc(-c3ccc(-c4ccc(-c5cnc([C@@H]6CCCN6C(=O)[C@H](NC(=O)CCCN6CCN(C)CC6)c6ccccc6)s5)cc4)cc3)s2)c2ccccc2)CC1. The van der Waals surface area contributed by atoms with Gasteiger partial charge in [-0.3, -0.25) is 19.2 Å². The molecule has 4 aliphatic rings. The molecule has 4 aliphatic heterocycles. The molecule has 4 fully saturated rings. The van der Waals surface area contributed by atoms with E-state index >= 15 is 0 Å². The van der Waals surface area contributed by atoms with Gasteiger partial charge in [0.2, 0.25) is 17.7 Å². The average Bonchev–Trinajstić information content (AvgIpc) is 4.33. The van der Waals surface area contributed by atoms with Crippen molar-refractivity contribution in [2.45, 2.75) is 81.8 Å². The summed E-state index contributed by atoms with van der Waals surface area (Å²) in [5.41, 5.74) is 6.05. The Bertz CT molecular complexity index is 2670. The monoisotopic (exact) mass is 1060 g/mol. The molecule has 4 aromatic carbocycles. The molecule has 15 heteroatoms. The number of likely N-dealkylation sites (N-methyl/N-ethyl adjacent to an activating group) is 2. The van der Waals surface area contributed by atoms with Crippen molar-refractivity contribution in [2.75, 3.05) is 92.6 Å². The summed E-state index contributed by atoms with van der Waals surface area (Å²) in [5, 5.41) is 4.98. The Morgan fingerprint density at radius 3 is 1.49 bits per heavy atom. The number of Topliss-reactive ketones (excluding diaryl/α,β-unsaturated/α-hetero) is 1. The largest absolute Gasteiger partial charge is 0.341 e. The molecule has 398 valence electrons. The zero-order valence-electron chi connectivity index (χ0n) is 44.2. The Morgan fingerprint density at radius 2 is 0.987 bits per heavy atom. The maximum Gasteiger partial charge on any atom is 0.250 e. The van der Waals surface area contributed by atoms with E-state index in [1.54, 1.807) is 22.7 Å². The molecular formula is C61H73N9O4S2. The lowest BCUT2D eigenvalue weighted by molar-refractivity contribution is -0.137. The summed E-state index contributed by atoms with van der Waals surface area (Å²) >= 11 is 3.28. The summed E-state index contributed by atoms with van der Waals surface area (Å²) in [4.78, 5) is 81.2. The average molecular weight is 1060 g/mol. The van der Waals surface area contributed by atoms with Crippen LogP contribution in [0.25, 0.3) is 32.0 Å². The van der Waals surface area contributed by atoms with Gasteiger partial charge < -0.3 is 34.7 Å². The van der Waals surface area contributed by atoms with Crippen molar-refractivity contribution in [3.63, 3.8) is 0 Å². The number of benzene rings is 4. The van der Waals surface area contributed by atoms with Crippen LogP contribution in [0.5, 0.6) is 0 Å². The minimum Gasteiger partial charge on any atom is -0.341 e. The van der Waals surface area contributed by atoms with Crippen LogP contribution >= 0.6 is 22.7 Å². The minimum absolute atomic E-state index is 0.0227. The van der Waals surface area contributed by atoms with E-state index in [1.165, 1.54) is 0 Å². The van der Waals surface area contributed by atoms with Gasteiger partial charge in [0.1, 0.15) is 21.8 Å². The lowest BCUT2D eigenvalue weighted by Crippen LogP contribution is -2.45. The Hall–Kier alpha value is -5.94. The molecule has 76 heavy (non-hydrogen) atoms. The molecule has 4 atom stereocenters. The molecule has 0 radical (unpaired) electrons. The van der Waals surface area contributed by atoms with Crippen LogP contribution in [0, 0.1) is 0 Å². The second-order valence-electron chi connectivity index (χ2n) is 21.3. The number of piperazine rings is 2. The van der Waals surface area contributed by atoms with Crippen molar-refractivity contribution >= 4 is 46.2 Å². The van der Waals surface area contributed by atoms with Gasteiger partial charge >= 0.3 is 0 Å². The highest BCUT2D eigenvalue weighted by Crippen LogP contribution is 2.42. The first kappa shape index (κ1) is 53.5. The Kier molecular flexibility index (Phi) is 17.9. The number of thiazole rings is 2. The second-order valence-corrected chi connectivity index (χ2v) is 23.4. The number of aromatic nitrogens is 2. The molecule has 2 aromatic heterocycles. The number of likely N-dealkylation sites (tertiary alicyclic amines) is 2. The predicted molar refractivity (Wildman–Crippen MR) is 304 cm³/mol. The van der Waals surface area contributed by atoms with Gasteiger partial charge in [-0.05, 0) is 99.1 Å². The van der Waals surface area contributed by atoms with Crippen molar-refractivity contribution in [3.05, 3.63) is 143 Å². The van der Waals surface area contributed by atoms with Gasteiger partial charge in [0.05, 0.1) is 27.8 Å². The van der Waals surface area contributed by atoms with E-state index in [1.807, 2.05) is 82.9 Å². The van der Waals surface area contributed by atoms with Gasteiger partial charge in [0.15, 0.2) is 0 Å². The Balaban J connectivity index is 0.748. The number of hydrogen-bond acceptors (Lipinski definition) is 12. The molecule has 0 aliphatic carbocycles. The first-order chi connectivity index (χ1) is 37.1. The van der Waals surface area contributed by atoms with Crippen molar-refractivity contribution in [1.82, 2.24) is 44.7 Å². The highest BCUT2D eigenvalue weighted by molar-refractivity contribution is 7.15. The summed E-state index contributed by atoms with van der Waals surface area (Å²) in [5.74, 6) is -0.516. The minimum atomic E-state index is -0.755. The number of rotatable bonds is 20. The lowest BCUT2D eigenvalue weighted by Gasteiger charge is -2.32. The molecule has 0 unspecified atom stereocenters. The van der Waals surface area contributed by atoms with E-state index in [-0.39, 0.29) is 42.0 Å². The van der Waals surface area contributed by atoms with E-state index in [9.17, 15) is 19.2 Å². The topological polar surface area (TPSA) is 126 Å². The standard InChI is InChI=1S/C61H73N9O4S2/c1-65-33-37-67(38-34-65)29-9-17-50(71)41-51(46-13-5-3-6-14-46)60(73)69-31-10-18-52(69)58-62-42-54(75-58)47-25-21-44(22-26-47)45-23-27-48(28-24-45)55-43-63-59(76-55)53-19-11-32-70(53)61(74)57(49-15-7-4-8-16-49)64-56(72)20-12-30-68-39-35-66(2)36-40-68/h3-8,13-16,21-28,42-43,51-53,57H,9-12,17-20,29-41H2,1-2H3,(H,64,72)/t51-,52+,53+,57-/m1/s1. The molecule has 0 saturated carbocycles. The Labute approximate surface area is 456 Å². The van der Waals surface area contributed by atoms with E-state index < -0.39 is 12.0 Å². The molecule has 10 rings (SSSR count). The zero-order valence-corrected chi connectivity index (χ0v) is 45.9. The lowest BCUT2D eigenvalue weighted by atomic mass is 9.91. The van der Waals surface area contributed by atoms with Crippen LogP contribution in [-0.2, 0) is 19.2 Å². The molecule has 3 amide bonds. The fourth-order valence-corrected chi connectivity index (χ4v) is 13.5. The number of hydrogen-bond donors (Lipinski definition) is 1. The molecule has 0 spiro atoms. The molecule has 6 heterocycles. The molecular weight excluding hydrogens is 987 g/mol. The fourth-order valence-electron chi connectivity index (χ4n) is 11.4. The highest BCUT2D eigenvalue weighted by Gasteiger charge is 2.39. The first-order valence-corrected chi connectivity index (χ1v) is 29.2. The van der Waals surface area contributed by atoms with E-state index in [0.717, 1.165) is 157 Å². The third kappa shape index (κ3) is 13.2. The zero-order chi connectivity index (χ0) is 52.4. The molecule has 0 bridgehead atoms. The maximum absolute atomic E-state index is 14.5. The van der Waals surface area contributed by atoms with Crippen molar-refractivity contribution in [1.29, 1.82) is 0 Å². The predicted octanol–water partition coefficient (Wildman–Crippen LogP) is 9.58. The van der Waals surface area contributed by atoms with Crippen molar-refractivity contribution in [2.24, 2.45) is 0 Å². The smallest absolute Gasteiger partial charge is 0.250 e. The summed E-state index contributed by atoms with van der Waals surface area (Å²) < 4.78 is 0. The van der Waals surface area contributed by atoms with Gasteiger partial charge in [0.25, 0.3) is 0 Å². The summed E-state index contributed by atoms with van der Waals surface area (Å²) in [7, 11) is 4.30. The number of nitrogens with one attached hydrogen (secondary N) is 1. The third-order valence-corrected chi connectivity index (χ3v) is 18.3. The summed E-state index contributed by atoms with van der Waals surface area (Å²) in [6.07, 6.45) is 9.99. The summed E-state index contributed by atoms with van der Waals surface area (Å²) in [6, 6.07) is 35.6. The van der Waals surface area contributed by atoms with Crippen LogP contribution in [0.1, 0.15) is 103 Å². The number of amides is 3. The normalized spacial score (nSPS) is 19.7. The number of carbonyl (C=O) groups is 4. The van der Waals surface area contributed by atoms with Gasteiger partial charge in [-0.2, -0.15) is 0 Å². The van der Waals surface area contributed by atoms with Crippen LogP contribution in [0.3, 0.4) is 0 Å². The number of ketones is 1. The summed E-state index contributed by atoms with van der Waals surface area (Å²) in [6.45, 7) is 11.4. The highest BCUT2D eigenvalue weighted by atomic mass is 32.1. The fraction of sp³-hybridized carbons (Fsp3) is 0.443. The molecule has 1 N–H and O–H groups in total. The van der Waals surface area contributed by atoms with Crippen LogP contribution in [0.2, 0.25) is 0 Å². The quantitative estimate of drug-likeness (QED) is 0.0791. The van der Waals surface area contributed by atoms with E-state index in [0.29, 0.717) is 25.9 Å². The van der Waals surface area contributed by atoms with Gasteiger partial charge in [-0.25, -0.2) is 9.97 Å². The third-order valence-electron chi connectivity index (χ3n) is 16.0. The van der Waals surface area contributed by atoms with Crippen LogP contribution in [0.4, 0.5) is 0 Å². The van der Waals surface area contributed by atoms with Crippen LogP contribution in [0.15, 0.2) is 122 Å². The molecule has 13 nitrogen and oxygen atoms in total. The maximum atomic E-state index is 14.5. The van der Waals surface area contributed by atoms with Crippen molar-refractivity contribution in [3.8, 4) is 32.0 Å². The van der Waals surface area contributed by atoms with Gasteiger partial charge in [0, 0.05) is 97.1 Å². The van der Waals surface area contributed by atoms with Crippen LogP contribution < -0.4 is 5.32 Å². The van der Waals surface area contributed by atoms with Crippen LogP contribution in [-0.4, -0.2) is 156 Å². The molecule has 6 aromatic rings. The first-order valence-electron chi connectivity index (χ1n) is 27.6.